The van der Waals surface area contributed by atoms with E-state index in [0.717, 1.165) is 35.2 Å². The van der Waals surface area contributed by atoms with E-state index in [9.17, 15) is 0 Å². The minimum atomic E-state index is -1.67. The summed E-state index contributed by atoms with van der Waals surface area (Å²) in [4.78, 5) is 0. The minimum Gasteiger partial charge on any atom is -0.200 e. The molecule has 0 radical (unpaired) electrons. The predicted molar refractivity (Wildman–Crippen MR) is 116 cm³/mol. The van der Waals surface area contributed by atoms with Crippen LogP contribution < -0.4 is 4.57 Å². The second-order valence-corrected chi connectivity index (χ2v) is 8.48. The number of pyridine rings is 1. The molecule has 2 aromatic carbocycles. The zero-order valence-corrected chi connectivity index (χ0v) is 17.0. The predicted octanol–water partition coefficient (Wildman–Crippen LogP) is 6.12. The maximum atomic E-state index is 9.02. The largest absolute Gasteiger partial charge is 0.212 e. The van der Waals surface area contributed by atoms with E-state index in [1.54, 1.807) is 0 Å². The van der Waals surface area contributed by atoms with Crippen molar-refractivity contribution in [3.63, 3.8) is 0 Å². The molecule has 0 saturated heterocycles. The fourth-order valence-electron chi connectivity index (χ4n) is 4.88. The number of fused-ring (bicyclic) bond motifs is 1. The Labute approximate surface area is 174 Å². The molecule has 1 fully saturated rings. The van der Waals surface area contributed by atoms with E-state index in [-0.39, 0.29) is 0 Å². The lowest BCUT2D eigenvalue weighted by Crippen LogP contribution is -2.31. The van der Waals surface area contributed by atoms with Gasteiger partial charge in [0.15, 0.2) is 6.20 Å². The average Bonchev–Trinajstić information content (AvgIpc) is 3.31. The smallest absolute Gasteiger partial charge is 0.200 e. The van der Waals surface area contributed by atoms with Gasteiger partial charge in [-0.05, 0) is 78.7 Å². The Balaban J connectivity index is 1.64. The molecule has 2 aliphatic carbocycles. The summed E-state index contributed by atoms with van der Waals surface area (Å²) in [7, 11) is 2.05. The first kappa shape index (κ1) is 13.7. The van der Waals surface area contributed by atoms with Crippen molar-refractivity contribution in [3.8, 4) is 22.4 Å². The van der Waals surface area contributed by atoms with Gasteiger partial charge in [-0.15, -0.1) is 0 Å². The van der Waals surface area contributed by atoms with Crippen LogP contribution in [0.4, 0.5) is 0 Å². The van der Waals surface area contributed by atoms with Gasteiger partial charge in [-0.25, -0.2) is 4.57 Å². The Morgan fingerprint density at radius 3 is 2.39 bits per heavy atom. The molecule has 0 atom stereocenters. The first-order valence-corrected chi connectivity index (χ1v) is 10.3. The highest BCUT2D eigenvalue weighted by atomic mass is 14.9. The quantitative estimate of drug-likeness (QED) is 0.477. The highest BCUT2D eigenvalue weighted by Crippen LogP contribution is 2.49. The molecule has 0 amide bonds. The van der Waals surface area contributed by atoms with Gasteiger partial charge >= 0.3 is 0 Å². The van der Waals surface area contributed by atoms with Crippen molar-refractivity contribution in [1.82, 2.24) is 0 Å². The van der Waals surface area contributed by atoms with Gasteiger partial charge in [0, 0.05) is 22.7 Å². The number of rotatable bonds is 2. The maximum absolute atomic E-state index is 9.02. The van der Waals surface area contributed by atoms with Crippen LogP contribution in [-0.4, -0.2) is 0 Å². The van der Waals surface area contributed by atoms with Crippen molar-refractivity contribution in [3.05, 3.63) is 77.0 Å². The van der Waals surface area contributed by atoms with Crippen molar-refractivity contribution in [2.45, 2.75) is 52.3 Å². The van der Waals surface area contributed by atoms with Gasteiger partial charge < -0.3 is 0 Å². The topological polar surface area (TPSA) is 3.88 Å². The van der Waals surface area contributed by atoms with Crippen LogP contribution in [0.5, 0.6) is 0 Å². The summed E-state index contributed by atoms with van der Waals surface area (Å²) >= 11 is 0. The first-order chi connectivity index (χ1) is 15.1. The van der Waals surface area contributed by atoms with Crippen molar-refractivity contribution in [2.24, 2.45) is 12.5 Å². The van der Waals surface area contributed by atoms with E-state index in [1.807, 2.05) is 31.3 Å². The van der Waals surface area contributed by atoms with Gasteiger partial charge in [0.2, 0.25) is 5.69 Å². The lowest BCUT2D eigenvalue weighted by molar-refractivity contribution is -0.660. The Kier molecular flexibility index (Phi) is 3.22. The molecule has 2 aliphatic rings. The van der Waals surface area contributed by atoms with Crippen LogP contribution in [-0.2, 0) is 19.8 Å². The Morgan fingerprint density at radius 2 is 1.61 bits per heavy atom. The number of hydrogen-bond acceptors (Lipinski definition) is 0. The van der Waals surface area contributed by atoms with Crippen LogP contribution >= 0.6 is 0 Å². The summed E-state index contributed by atoms with van der Waals surface area (Å²) in [6.45, 7) is 4.21. The number of aryl methyl sites for hydroxylation is 3. The third kappa shape index (κ3) is 2.89. The van der Waals surface area contributed by atoms with Crippen molar-refractivity contribution >= 4 is 0 Å². The van der Waals surface area contributed by atoms with Crippen LogP contribution in [0.15, 0.2) is 54.7 Å². The van der Waals surface area contributed by atoms with E-state index in [0.29, 0.717) is 24.0 Å². The normalized spacial score (nSPS) is 23.0. The molecule has 1 spiro atoms. The van der Waals surface area contributed by atoms with Crippen molar-refractivity contribution < 1.29 is 10.1 Å². The Hall–Kier alpha value is -2.41. The van der Waals surface area contributed by atoms with Crippen molar-refractivity contribution in [1.29, 1.82) is 0 Å². The fourth-order valence-corrected chi connectivity index (χ4v) is 4.88. The molecule has 1 heterocycles. The summed E-state index contributed by atoms with van der Waals surface area (Å²) in [5, 5.41) is 0. The monoisotopic (exact) mass is 372 g/mol. The maximum Gasteiger partial charge on any atom is 0.212 e. The highest BCUT2D eigenvalue weighted by Gasteiger charge is 2.39. The second-order valence-electron chi connectivity index (χ2n) is 8.48. The lowest BCUT2D eigenvalue weighted by atomic mass is 9.83. The zero-order chi connectivity index (χ0) is 22.9. The van der Waals surface area contributed by atoms with E-state index in [2.05, 4.69) is 48.9 Å². The molecule has 28 heavy (non-hydrogen) atoms. The van der Waals surface area contributed by atoms with Gasteiger partial charge in [-0.1, -0.05) is 49.2 Å². The standard InChI is InChI=1S/C27H30N/c1-19-8-4-5-9-24(19)26-14-20(2)25(18-28(26)3)21-10-11-22-16-27(12-6-7-13-27)17-23(22)15-21/h4-5,8-11,14-15,18H,6-7,12-13,16-17H2,1-3H3/q+1/i16D2,17D2. The van der Waals surface area contributed by atoms with E-state index >= 15 is 0 Å². The molecule has 1 nitrogen and oxygen atoms in total. The molecule has 0 unspecified atom stereocenters. The minimum absolute atomic E-state index is 0.534. The third-order valence-electron chi connectivity index (χ3n) is 6.44. The summed E-state index contributed by atoms with van der Waals surface area (Å²) in [6, 6.07) is 16.3. The molecule has 0 bridgehead atoms. The van der Waals surface area contributed by atoms with Crippen LogP contribution in [0.2, 0.25) is 0 Å². The van der Waals surface area contributed by atoms with Crippen LogP contribution in [0, 0.1) is 19.3 Å². The fraction of sp³-hybridized carbons (Fsp3) is 0.370. The highest BCUT2D eigenvalue weighted by molar-refractivity contribution is 5.70. The molecular formula is C27H30N+. The van der Waals surface area contributed by atoms with Gasteiger partial charge in [-0.2, -0.15) is 0 Å². The summed E-state index contributed by atoms with van der Waals surface area (Å²) < 4.78 is 37.9. The Morgan fingerprint density at radius 1 is 0.857 bits per heavy atom. The molecule has 3 aromatic rings. The summed E-state index contributed by atoms with van der Waals surface area (Å²) in [5.41, 5.74) is 6.81. The average molecular weight is 373 g/mol. The van der Waals surface area contributed by atoms with E-state index in [4.69, 9.17) is 5.48 Å². The van der Waals surface area contributed by atoms with Crippen molar-refractivity contribution in [2.75, 3.05) is 0 Å². The van der Waals surface area contributed by atoms with Gasteiger partial charge in [0.05, 0.1) is 0 Å². The number of aromatic nitrogens is 1. The molecular weight excluding hydrogens is 338 g/mol. The van der Waals surface area contributed by atoms with E-state index < -0.39 is 18.2 Å². The summed E-state index contributed by atoms with van der Waals surface area (Å²) in [5.74, 6) is 0. The van der Waals surface area contributed by atoms with Gasteiger partial charge in [0.25, 0.3) is 0 Å². The number of nitrogens with zero attached hydrogens (tertiary/aromatic N) is 1. The third-order valence-corrected chi connectivity index (χ3v) is 6.44. The van der Waals surface area contributed by atoms with Gasteiger partial charge in [0.1, 0.15) is 7.05 Å². The molecule has 1 saturated carbocycles. The molecule has 0 N–H and O–H groups in total. The molecule has 5 rings (SSSR count). The summed E-state index contributed by atoms with van der Waals surface area (Å²) in [6.07, 6.45) is 1.81. The van der Waals surface area contributed by atoms with Crippen LogP contribution in [0.3, 0.4) is 0 Å². The van der Waals surface area contributed by atoms with E-state index in [1.165, 1.54) is 11.1 Å². The number of benzene rings is 2. The van der Waals surface area contributed by atoms with Crippen LogP contribution in [0.1, 0.15) is 53.4 Å². The van der Waals surface area contributed by atoms with Gasteiger partial charge in [-0.3, -0.25) is 0 Å². The first-order valence-electron chi connectivity index (χ1n) is 12.3. The lowest BCUT2D eigenvalue weighted by Gasteiger charge is -2.21. The molecule has 0 aliphatic heterocycles. The molecule has 1 aromatic heterocycles. The SMILES string of the molecule is [2H]C1([2H])c2ccc(-c3c[n+](C)c(-c4ccccc4C)cc3C)cc2C([2H])([2H])C12CCCC2. The molecule has 142 valence electrons. The molecule has 1 heteroatoms. The second kappa shape index (κ2) is 6.58. The van der Waals surface area contributed by atoms with Crippen LogP contribution in [0.25, 0.3) is 22.4 Å². The Bertz CT molecular complexity index is 1220. The zero-order valence-electron chi connectivity index (χ0n) is 21.0. The number of hydrogen-bond donors (Lipinski definition) is 0.